The molecular formula is C11H8ClN3O3. The molecule has 0 aliphatic carbocycles. The van der Waals surface area contributed by atoms with Crippen LogP contribution < -0.4 is 5.32 Å². The maximum absolute atomic E-state index is 11.8. The van der Waals surface area contributed by atoms with Crippen molar-refractivity contribution in [2.24, 2.45) is 0 Å². The van der Waals surface area contributed by atoms with E-state index in [2.05, 4.69) is 15.5 Å². The van der Waals surface area contributed by atoms with Crippen molar-refractivity contribution >= 4 is 29.2 Å². The van der Waals surface area contributed by atoms with Crippen LogP contribution >= 0.6 is 11.6 Å². The fourth-order valence-corrected chi connectivity index (χ4v) is 1.57. The van der Waals surface area contributed by atoms with E-state index in [-0.39, 0.29) is 11.3 Å². The summed E-state index contributed by atoms with van der Waals surface area (Å²) in [6, 6.07) is 6.52. The van der Waals surface area contributed by atoms with Crippen LogP contribution in [0, 0.1) is 0 Å². The van der Waals surface area contributed by atoms with E-state index < -0.39 is 11.9 Å². The van der Waals surface area contributed by atoms with Gasteiger partial charge in [-0.15, -0.1) is 0 Å². The number of aromatic carboxylic acids is 1. The summed E-state index contributed by atoms with van der Waals surface area (Å²) in [5, 5.41) is 17.7. The van der Waals surface area contributed by atoms with Gasteiger partial charge in [0.25, 0.3) is 5.91 Å². The van der Waals surface area contributed by atoms with Crippen LogP contribution in [0.2, 0.25) is 5.02 Å². The van der Waals surface area contributed by atoms with E-state index in [9.17, 15) is 9.59 Å². The zero-order chi connectivity index (χ0) is 13.1. The normalized spacial score (nSPS) is 10.1. The average Bonchev–Trinajstić information content (AvgIpc) is 2.77. The lowest BCUT2D eigenvalue weighted by Gasteiger charge is -2.04. The Morgan fingerprint density at radius 2 is 2.17 bits per heavy atom. The molecule has 3 N–H and O–H groups in total. The molecule has 1 aromatic carbocycles. The molecule has 6 nitrogen and oxygen atoms in total. The lowest BCUT2D eigenvalue weighted by atomic mass is 10.2. The van der Waals surface area contributed by atoms with E-state index in [1.165, 1.54) is 0 Å². The predicted molar refractivity (Wildman–Crippen MR) is 65.0 cm³/mol. The van der Waals surface area contributed by atoms with Gasteiger partial charge in [-0.25, -0.2) is 4.79 Å². The summed E-state index contributed by atoms with van der Waals surface area (Å²) in [6.07, 6.45) is 1.08. The quantitative estimate of drug-likeness (QED) is 0.791. The van der Waals surface area contributed by atoms with Crippen LogP contribution in [0.15, 0.2) is 30.5 Å². The Balaban J connectivity index is 2.22. The smallest absolute Gasteiger partial charge is 0.339 e. The van der Waals surface area contributed by atoms with Crippen molar-refractivity contribution in [1.82, 2.24) is 10.2 Å². The molecule has 0 aliphatic rings. The minimum Gasteiger partial charge on any atom is -0.478 e. The molecule has 0 spiro atoms. The lowest BCUT2D eigenvalue weighted by molar-refractivity contribution is 0.0692. The van der Waals surface area contributed by atoms with E-state index in [4.69, 9.17) is 16.7 Å². The Hall–Kier alpha value is -2.34. The summed E-state index contributed by atoms with van der Waals surface area (Å²) in [5.41, 5.74) is 0.176. The lowest BCUT2D eigenvalue weighted by Crippen LogP contribution is -2.16. The van der Waals surface area contributed by atoms with Gasteiger partial charge in [-0.2, -0.15) is 5.10 Å². The number of amides is 1. The van der Waals surface area contributed by atoms with Crippen molar-refractivity contribution in [3.8, 4) is 0 Å². The minimum atomic E-state index is -1.22. The average molecular weight is 266 g/mol. The molecule has 2 aromatic rings. The van der Waals surface area contributed by atoms with Crippen LogP contribution in [0.4, 0.5) is 5.69 Å². The number of aromatic amines is 1. The van der Waals surface area contributed by atoms with Crippen LogP contribution in [0.25, 0.3) is 0 Å². The molecule has 1 heterocycles. The number of carbonyl (C=O) groups excluding carboxylic acids is 1. The maximum atomic E-state index is 11.8. The summed E-state index contributed by atoms with van der Waals surface area (Å²) in [6.45, 7) is 0. The molecule has 0 atom stereocenters. The second-order valence-electron chi connectivity index (χ2n) is 3.43. The molecule has 2 rings (SSSR count). The number of benzene rings is 1. The van der Waals surface area contributed by atoms with Gasteiger partial charge in [0, 0.05) is 10.7 Å². The van der Waals surface area contributed by atoms with E-state index >= 15 is 0 Å². The summed E-state index contributed by atoms with van der Waals surface area (Å²) in [7, 11) is 0. The van der Waals surface area contributed by atoms with E-state index in [1.807, 2.05) is 0 Å². The molecule has 1 amide bonds. The van der Waals surface area contributed by atoms with Gasteiger partial charge in [0.1, 0.15) is 11.3 Å². The number of nitrogens with one attached hydrogen (secondary N) is 2. The molecule has 18 heavy (non-hydrogen) atoms. The Bertz CT molecular complexity index is 609. The number of nitrogens with zero attached hydrogens (tertiary/aromatic N) is 1. The second-order valence-corrected chi connectivity index (χ2v) is 3.86. The highest BCUT2D eigenvalue weighted by Gasteiger charge is 2.18. The van der Waals surface area contributed by atoms with E-state index in [0.717, 1.165) is 6.20 Å². The molecular weight excluding hydrogens is 258 g/mol. The van der Waals surface area contributed by atoms with Gasteiger partial charge in [0.05, 0.1) is 6.20 Å². The zero-order valence-corrected chi connectivity index (χ0v) is 9.73. The fraction of sp³-hybridized carbons (Fsp3) is 0. The molecule has 0 saturated carbocycles. The highest BCUT2D eigenvalue weighted by molar-refractivity contribution is 6.31. The monoisotopic (exact) mass is 265 g/mol. The molecule has 0 saturated heterocycles. The molecule has 7 heteroatoms. The molecule has 0 fully saturated rings. The van der Waals surface area contributed by atoms with E-state index in [0.29, 0.717) is 10.7 Å². The molecule has 92 valence electrons. The number of carboxylic acids is 1. The summed E-state index contributed by atoms with van der Waals surface area (Å²) in [5.74, 6) is -1.81. The van der Waals surface area contributed by atoms with Crippen LogP contribution in [0.3, 0.4) is 0 Å². The third-order valence-electron chi connectivity index (χ3n) is 2.18. The Kier molecular flexibility index (Phi) is 3.29. The first-order chi connectivity index (χ1) is 8.58. The number of carboxylic acid groups (broad SMARTS) is 1. The van der Waals surface area contributed by atoms with Gasteiger partial charge in [-0.3, -0.25) is 9.89 Å². The molecule has 0 aliphatic heterocycles. The van der Waals surface area contributed by atoms with Crippen molar-refractivity contribution in [3.63, 3.8) is 0 Å². The standard InChI is InChI=1S/C11H8ClN3O3/c12-6-2-1-3-7(4-6)14-10(16)9-8(11(17)18)5-13-15-9/h1-5H,(H,13,15)(H,14,16)(H,17,18). The summed E-state index contributed by atoms with van der Waals surface area (Å²) >= 11 is 5.77. The first-order valence-corrected chi connectivity index (χ1v) is 5.29. The number of H-pyrrole nitrogens is 1. The van der Waals surface area contributed by atoms with Crippen LogP contribution in [-0.2, 0) is 0 Å². The number of rotatable bonds is 3. The van der Waals surface area contributed by atoms with Crippen LogP contribution in [0.5, 0.6) is 0 Å². The number of hydrogen-bond donors (Lipinski definition) is 3. The van der Waals surface area contributed by atoms with Crippen molar-refractivity contribution in [2.45, 2.75) is 0 Å². The second kappa shape index (κ2) is 4.89. The summed E-state index contributed by atoms with van der Waals surface area (Å²) < 4.78 is 0. The van der Waals surface area contributed by atoms with Gasteiger partial charge < -0.3 is 10.4 Å². The Labute approximate surface area is 107 Å². The van der Waals surface area contributed by atoms with Crippen molar-refractivity contribution in [2.75, 3.05) is 5.32 Å². The van der Waals surface area contributed by atoms with E-state index in [1.54, 1.807) is 24.3 Å². The largest absolute Gasteiger partial charge is 0.478 e. The predicted octanol–water partition coefficient (Wildman–Crippen LogP) is 2.01. The Morgan fingerprint density at radius 3 is 2.83 bits per heavy atom. The Morgan fingerprint density at radius 1 is 1.39 bits per heavy atom. The molecule has 0 radical (unpaired) electrons. The first-order valence-electron chi connectivity index (χ1n) is 4.91. The minimum absolute atomic E-state index is 0.109. The summed E-state index contributed by atoms with van der Waals surface area (Å²) in [4.78, 5) is 22.7. The van der Waals surface area contributed by atoms with Gasteiger partial charge in [0.15, 0.2) is 0 Å². The van der Waals surface area contributed by atoms with Crippen LogP contribution in [0.1, 0.15) is 20.8 Å². The van der Waals surface area contributed by atoms with Crippen LogP contribution in [-0.4, -0.2) is 27.2 Å². The number of carbonyl (C=O) groups is 2. The maximum Gasteiger partial charge on any atom is 0.339 e. The van der Waals surface area contributed by atoms with Crippen molar-refractivity contribution in [3.05, 3.63) is 46.7 Å². The topological polar surface area (TPSA) is 95.1 Å². The van der Waals surface area contributed by atoms with Crippen molar-refractivity contribution in [1.29, 1.82) is 0 Å². The highest BCUT2D eigenvalue weighted by atomic mass is 35.5. The van der Waals surface area contributed by atoms with Gasteiger partial charge in [-0.1, -0.05) is 17.7 Å². The first kappa shape index (κ1) is 12.1. The fourth-order valence-electron chi connectivity index (χ4n) is 1.38. The molecule has 1 aromatic heterocycles. The molecule has 0 unspecified atom stereocenters. The SMILES string of the molecule is O=C(O)c1cn[nH]c1C(=O)Nc1cccc(Cl)c1. The van der Waals surface area contributed by atoms with Gasteiger partial charge >= 0.3 is 5.97 Å². The van der Waals surface area contributed by atoms with Crippen molar-refractivity contribution < 1.29 is 14.7 Å². The third-order valence-corrected chi connectivity index (χ3v) is 2.41. The molecule has 0 bridgehead atoms. The number of anilines is 1. The number of hydrogen-bond acceptors (Lipinski definition) is 3. The third kappa shape index (κ3) is 2.49. The highest BCUT2D eigenvalue weighted by Crippen LogP contribution is 2.16. The zero-order valence-electron chi connectivity index (χ0n) is 8.98. The number of halogens is 1. The number of aromatic nitrogens is 2. The van der Waals surface area contributed by atoms with Gasteiger partial charge in [0.2, 0.25) is 0 Å². The van der Waals surface area contributed by atoms with Gasteiger partial charge in [-0.05, 0) is 18.2 Å².